The van der Waals surface area contributed by atoms with Crippen LogP contribution in [0.3, 0.4) is 0 Å². The number of thioether (sulfide) groups is 1. The number of carbonyl (C=O) groups excluding carboxylic acids is 1. The van der Waals surface area contributed by atoms with Crippen LogP contribution in [0.25, 0.3) is 0 Å². The Labute approximate surface area is 108 Å². The van der Waals surface area contributed by atoms with E-state index in [4.69, 9.17) is 5.73 Å². The van der Waals surface area contributed by atoms with Crippen molar-refractivity contribution in [2.75, 3.05) is 16.8 Å². The number of hydrogen-bond donors (Lipinski definition) is 3. The number of aromatic nitrogens is 3. The van der Waals surface area contributed by atoms with Gasteiger partial charge in [-0.1, -0.05) is 11.8 Å². The molecule has 6 nitrogen and oxygen atoms in total. The summed E-state index contributed by atoms with van der Waals surface area (Å²) in [7, 11) is 0. The number of carbonyl (C=O) groups is 1. The van der Waals surface area contributed by atoms with Crippen LogP contribution < -0.4 is 11.1 Å². The Morgan fingerprint density at radius 2 is 2.39 bits per heavy atom. The normalized spacial score (nSPS) is 10.3. The lowest BCUT2D eigenvalue weighted by molar-refractivity contribution is -0.113. The van der Waals surface area contributed by atoms with E-state index in [2.05, 4.69) is 20.5 Å². The quantitative estimate of drug-likeness (QED) is 0.572. The molecule has 94 valence electrons. The molecule has 1 amide bonds. The monoisotopic (exact) mass is 263 g/mol. The zero-order valence-electron chi connectivity index (χ0n) is 9.80. The number of nitrogens with zero attached hydrogens (tertiary/aromatic N) is 2. The summed E-state index contributed by atoms with van der Waals surface area (Å²) in [5.74, 6) is 0.184. The predicted octanol–water partition coefficient (Wildman–Crippen LogP) is 1.43. The number of hydrogen-bond acceptors (Lipinski definition) is 5. The second kappa shape index (κ2) is 5.54. The van der Waals surface area contributed by atoms with Gasteiger partial charge in [0, 0.05) is 11.4 Å². The molecular formula is C11H13N5OS. The van der Waals surface area contributed by atoms with Crippen molar-refractivity contribution in [3.05, 3.63) is 30.1 Å². The zero-order chi connectivity index (χ0) is 13.0. The molecule has 7 heteroatoms. The molecule has 0 saturated heterocycles. The molecule has 0 radical (unpaired) electrons. The third-order valence-corrected chi connectivity index (χ3v) is 3.13. The standard InChI is InChI=1S/C11H13N5OS/c1-7-4-8(12)2-3-9(7)15-10(17)5-18-11-13-6-14-16-11/h2-4,6H,5,12H2,1H3,(H,15,17)(H,13,14,16). The average molecular weight is 263 g/mol. The number of benzene rings is 1. The molecule has 0 unspecified atom stereocenters. The SMILES string of the molecule is Cc1cc(N)ccc1NC(=O)CSc1ncn[nH]1. The number of H-pyrrole nitrogens is 1. The highest BCUT2D eigenvalue weighted by atomic mass is 32.2. The van der Waals surface area contributed by atoms with Gasteiger partial charge in [0.25, 0.3) is 0 Å². The molecule has 0 aliphatic carbocycles. The van der Waals surface area contributed by atoms with E-state index in [0.29, 0.717) is 10.8 Å². The molecule has 0 aliphatic rings. The number of nitrogens with one attached hydrogen (secondary N) is 2. The van der Waals surface area contributed by atoms with Crippen LogP contribution in [0.15, 0.2) is 29.7 Å². The van der Waals surface area contributed by atoms with Gasteiger partial charge in [0.05, 0.1) is 5.75 Å². The molecule has 0 saturated carbocycles. The highest BCUT2D eigenvalue weighted by molar-refractivity contribution is 7.99. The summed E-state index contributed by atoms with van der Waals surface area (Å²) < 4.78 is 0. The molecule has 1 aromatic carbocycles. The molecular weight excluding hydrogens is 250 g/mol. The Morgan fingerprint density at radius 3 is 3.06 bits per heavy atom. The van der Waals surface area contributed by atoms with Gasteiger partial charge in [-0.2, -0.15) is 5.10 Å². The number of nitrogens with two attached hydrogens (primary N) is 1. The minimum atomic E-state index is -0.0933. The van der Waals surface area contributed by atoms with Gasteiger partial charge in [-0.05, 0) is 30.7 Å². The van der Waals surface area contributed by atoms with E-state index < -0.39 is 0 Å². The first-order valence-electron chi connectivity index (χ1n) is 5.29. The van der Waals surface area contributed by atoms with Crippen LogP contribution in [0.1, 0.15) is 5.56 Å². The fourth-order valence-corrected chi connectivity index (χ4v) is 1.99. The van der Waals surface area contributed by atoms with Crippen molar-refractivity contribution in [1.82, 2.24) is 15.2 Å². The molecule has 0 spiro atoms. The van der Waals surface area contributed by atoms with Crippen molar-refractivity contribution >= 4 is 29.0 Å². The van der Waals surface area contributed by atoms with Crippen LogP contribution >= 0.6 is 11.8 Å². The minimum absolute atomic E-state index is 0.0933. The fraction of sp³-hybridized carbons (Fsp3) is 0.182. The molecule has 0 bridgehead atoms. The van der Waals surface area contributed by atoms with Crippen LogP contribution in [0, 0.1) is 6.92 Å². The van der Waals surface area contributed by atoms with Gasteiger partial charge in [0.15, 0.2) is 5.16 Å². The molecule has 2 aromatic rings. The van der Waals surface area contributed by atoms with Crippen molar-refractivity contribution in [2.24, 2.45) is 0 Å². The van der Waals surface area contributed by atoms with Crippen molar-refractivity contribution < 1.29 is 4.79 Å². The van der Waals surface area contributed by atoms with Gasteiger partial charge in [0.1, 0.15) is 6.33 Å². The molecule has 0 aliphatic heterocycles. The molecule has 0 fully saturated rings. The van der Waals surface area contributed by atoms with Gasteiger partial charge in [-0.3, -0.25) is 9.89 Å². The molecule has 1 heterocycles. The highest BCUT2D eigenvalue weighted by Gasteiger charge is 2.06. The Hall–Kier alpha value is -2.02. The van der Waals surface area contributed by atoms with Crippen molar-refractivity contribution in [1.29, 1.82) is 0 Å². The van der Waals surface area contributed by atoms with Crippen molar-refractivity contribution in [3.8, 4) is 0 Å². The molecule has 2 rings (SSSR count). The molecule has 18 heavy (non-hydrogen) atoms. The van der Waals surface area contributed by atoms with Crippen LogP contribution in [0.4, 0.5) is 11.4 Å². The number of nitrogen functional groups attached to an aromatic ring is 1. The van der Waals surface area contributed by atoms with Gasteiger partial charge < -0.3 is 11.1 Å². The Bertz CT molecular complexity index is 540. The first-order valence-corrected chi connectivity index (χ1v) is 6.28. The summed E-state index contributed by atoms with van der Waals surface area (Å²) in [5.41, 5.74) is 8.04. The van der Waals surface area contributed by atoms with E-state index in [1.807, 2.05) is 13.0 Å². The third kappa shape index (κ3) is 3.24. The number of rotatable bonds is 4. The van der Waals surface area contributed by atoms with E-state index in [-0.39, 0.29) is 11.7 Å². The van der Waals surface area contributed by atoms with E-state index in [1.54, 1.807) is 12.1 Å². The third-order valence-electron chi connectivity index (χ3n) is 2.26. The van der Waals surface area contributed by atoms with Crippen LogP contribution in [0.5, 0.6) is 0 Å². The summed E-state index contributed by atoms with van der Waals surface area (Å²) in [6, 6.07) is 5.37. The van der Waals surface area contributed by atoms with Gasteiger partial charge in [-0.15, -0.1) is 0 Å². The zero-order valence-corrected chi connectivity index (χ0v) is 10.6. The summed E-state index contributed by atoms with van der Waals surface area (Å²) in [5, 5.41) is 9.83. The maximum Gasteiger partial charge on any atom is 0.234 e. The van der Waals surface area contributed by atoms with E-state index in [0.717, 1.165) is 11.3 Å². The second-order valence-corrected chi connectivity index (χ2v) is 4.67. The molecule has 0 atom stereocenters. The van der Waals surface area contributed by atoms with Crippen molar-refractivity contribution in [2.45, 2.75) is 12.1 Å². The maximum absolute atomic E-state index is 11.7. The Morgan fingerprint density at radius 1 is 1.56 bits per heavy atom. The number of amides is 1. The van der Waals surface area contributed by atoms with E-state index >= 15 is 0 Å². The largest absolute Gasteiger partial charge is 0.399 e. The lowest BCUT2D eigenvalue weighted by Crippen LogP contribution is -2.15. The highest BCUT2D eigenvalue weighted by Crippen LogP contribution is 2.18. The fourth-order valence-electron chi connectivity index (χ4n) is 1.41. The second-order valence-electron chi connectivity index (χ2n) is 3.70. The van der Waals surface area contributed by atoms with Gasteiger partial charge in [-0.25, -0.2) is 4.98 Å². The topological polar surface area (TPSA) is 96.7 Å². The van der Waals surface area contributed by atoms with Crippen molar-refractivity contribution in [3.63, 3.8) is 0 Å². The first-order chi connectivity index (χ1) is 8.65. The summed E-state index contributed by atoms with van der Waals surface area (Å²) in [4.78, 5) is 15.6. The van der Waals surface area contributed by atoms with E-state index in [9.17, 15) is 4.79 Å². The number of aryl methyl sites for hydroxylation is 1. The molecule has 4 N–H and O–H groups in total. The van der Waals surface area contributed by atoms with Crippen LogP contribution in [-0.2, 0) is 4.79 Å². The number of aromatic amines is 1. The van der Waals surface area contributed by atoms with Crippen LogP contribution in [0.2, 0.25) is 0 Å². The predicted molar refractivity (Wildman–Crippen MR) is 71.3 cm³/mol. The average Bonchev–Trinajstić information content (AvgIpc) is 2.83. The number of anilines is 2. The smallest absolute Gasteiger partial charge is 0.234 e. The summed E-state index contributed by atoms with van der Waals surface area (Å²) in [6.45, 7) is 1.90. The minimum Gasteiger partial charge on any atom is -0.399 e. The summed E-state index contributed by atoms with van der Waals surface area (Å²) >= 11 is 1.30. The van der Waals surface area contributed by atoms with E-state index in [1.165, 1.54) is 18.1 Å². The molecule has 1 aromatic heterocycles. The Kier molecular flexibility index (Phi) is 3.83. The van der Waals surface area contributed by atoms with Gasteiger partial charge in [0.2, 0.25) is 5.91 Å². The Balaban J connectivity index is 1.91. The lowest BCUT2D eigenvalue weighted by Gasteiger charge is -2.08. The van der Waals surface area contributed by atoms with Gasteiger partial charge >= 0.3 is 0 Å². The summed E-state index contributed by atoms with van der Waals surface area (Å²) in [6.07, 6.45) is 1.41. The lowest BCUT2D eigenvalue weighted by atomic mass is 10.2. The van der Waals surface area contributed by atoms with Crippen LogP contribution in [-0.4, -0.2) is 26.8 Å². The first kappa shape index (κ1) is 12.4. The maximum atomic E-state index is 11.7.